The molecule has 1 N–H and O–H groups in total. The number of hydrogen-bond acceptors (Lipinski definition) is 5. The summed E-state index contributed by atoms with van der Waals surface area (Å²) in [5, 5.41) is 12.1. The van der Waals surface area contributed by atoms with Gasteiger partial charge in [-0.15, -0.1) is 10.2 Å². The van der Waals surface area contributed by atoms with Crippen molar-refractivity contribution in [2.75, 3.05) is 4.90 Å². The third kappa shape index (κ3) is 3.92. The van der Waals surface area contributed by atoms with Gasteiger partial charge in [-0.3, -0.25) is 9.66 Å². The highest BCUT2D eigenvalue weighted by Gasteiger charge is 2.42. The van der Waals surface area contributed by atoms with Crippen LogP contribution in [0.15, 0.2) is 67.4 Å². The Balaban J connectivity index is 1.62. The Morgan fingerprint density at radius 3 is 2.41 bits per heavy atom. The quantitative estimate of drug-likeness (QED) is 0.417. The number of nitrogens with one attached hydrogen (secondary N) is 1. The second-order valence-corrected chi connectivity index (χ2v) is 9.02. The van der Waals surface area contributed by atoms with Gasteiger partial charge in [0.2, 0.25) is 0 Å². The number of hydrogen-bond donors (Lipinski definition) is 1. The van der Waals surface area contributed by atoms with E-state index in [-0.39, 0.29) is 18.2 Å². The predicted octanol–water partition coefficient (Wildman–Crippen LogP) is 4.37. The predicted molar refractivity (Wildman–Crippen MR) is 135 cm³/mol. The maximum Gasteiger partial charge on any atom is 0.174 e. The largest absolute Gasteiger partial charge is 0.491 e. The molecule has 0 bridgehead atoms. The Labute approximate surface area is 204 Å². The van der Waals surface area contributed by atoms with Crippen molar-refractivity contribution in [3.63, 3.8) is 0 Å². The van der Waals surface area contributed by atoms with Crippen LogP contribution in [0.2, 0.25) is 0 Å². The first-order valence-electron chi connectivity index (χ1n) is 11.3. The molecule has 9 heteroatoms. The average Bonchev–Trinajstić information content (AvgIpc) is 3.52. The van der Waals surface area contributed by atoms with Crippen LogP contribution in [-0.2, 0) is 0 Å². The van der Waals surface area contributed by atoms with Gasteiger partial charge in [0.1, 0.15) is 18.4 Å². The molecule has 5 rings (SSSR count). The van der Waals surface area contributed by atoms with Crippen LogP contribution in [0.4, 0.5) is 5.69 Å². The number of rotatable bonds is 6. The first-order valence-corrected chi connectivity index (χ1v) is 11.7. The van der Waals surface area contributed by atoms with Gasteiger partial charge in [-0.1, -0.05) is 6.07 Å². The van der Waals surface area contributed by atoms with E-state index in [4.69, 9.17) is 17.0 Å². The maximum atomic E-state index is 5.87. The van der Waals surface area contributed by atoms with E-state index in [1.54, 1.807) is 12.7 Å². The van der Waals surface area contributed by atoms with Crippen LogP contribution < -0.4 is 15.0 Å². The van der Waals surface area contributed by atoms with Crippen LogP contribution >= 0.6 is 12.2 Å². The summed E-state index contributed by atoms with van der Waals surface area (Å²) in [6, 6.07) is 16.0. The molecule has 4 heterocycles. The maximum absolute atomic E-state index is 5.87. The van der Waals surface area contributed by atoms with Crippen molar-refractivity contribution >= 4 is 23.0 Å². The van der Waals surface area contributed by atoms with Crippen LogP contribution in [-0.4, -0.2) is 35.7 Å². The van der Waals surface area contributed by atoms with Crippen LogP contribution in [0.25, 0.3) is 0 Å². The minimum atomic E-state index is -0.116. The molecule has 1 aliphatic rings. The lowest BCUT2D eigenvalue weighted by Gasteiger charge is -2.28. The minimum Gasteiger partial charge on any atom is -0.491 e. The molecule has 34 heavy (non-hydrogen) atoms. The monoisotopic (exact) mass is 473 g/mol. The van der Waals surface area contributed by atoms with Crippen molar-refractivity contribution in [1.82, 2.24) is 29.9 Å². The molecule has 4 aromatic rings. The van der Waals surface area contributed by atoms with Gasteiger partial charge in [-0.2, -0.15) is 0 Å². The molecule has 174 valence electrons. The first kappa shape index (κ1) is 22.1. The number of pyridine rings is 1. The van der Waals surface area contributed by atoms with Crippen molar-refractivity contribution in [3.05, 3.63) is 90.0 Å². The van der Waals surface area contributed by atoms with Crippen LogP contribution in [0.1, 0.15) is 48.6 Å². The zero-order chi connectivity index (χ0) is 23.8. The molecule has 1 aliphatic heterocycles. The van der Waals surface area contributed by atoms with Gasteiger partial charge < -0.3 is 15.0 Å². The number of nitrogens with zero attached hydrogens (tertiary/aromatic N) is 6. The smallest absolute Gasteiger partial charge is 0.174 e. The molecule has 0 unspecified atom stereocenters. The van der Waals surface area contributed by atoms with Crippen molar-refractivity contribution in [3.8, 4) is 5.75 Å². The molecule has 1 saturated heterocycles. The summed E-state index contributed by atoms with van der Waals surface area (Å²) in [6.45, 7) is 8.23. The Kier molecular flexibility index (Phi) is 5.79. The molecule has 2 atom stereocenters. The fourth-order valence-corrected chi connectivity index (χ4v) is 4.98. The molecule has 0 amide bonds. The van der Waals surface area contributed by atoms with E-state index in [0.717, 1.165) is 34.1 Å². The van der Waals surface area contributed by atoms with Gasteiger partial charge in [0, 0.05) is 28.8 Å². The highest BCUT2D eigenvalue weighted by atomic mass is 32.1. The molecule has 0 spiro atoms. The van der Waals surface area contributed by atoms with Crippen LogP contribution in [0, 0.1) is 13.8 Å². The van der Waals surface area contributed by atoms with Gasteiger partial charge in [0.25, 0.3) is 0 Å². The third-order valence-corrected chi connectivity index (χ3v) is 6.29. The Bertz CT molecular complexity index is 1280. The van der Waals surface area contributed by atoms with Crippen molar-refractivity contribution in [2.24, 2.45) is 0 Å². The van der Waals surface area contributed by atoms with Crippen LogP contribution in [0.3, 0.4) is 0 Å². The standard InChI is InChI=1S/C25H27N7OS/c1-16(2)33-20-10-8-19(9-11-20)31-24(23(29-25(31)34)22-7-5-6-12-26-22)21-13-17(3)32(18(21)4)30-14-27-28-15-30/h5-16,23-24H,1-4H3,(H,29,34)/t23-,24+/m1/s1. The van der Waals surface area contributed by atoms with E-state index in [1.807, 2.05) is 55.1 Å². The van der Waals surface area contributed by atoms with Gasteiger partial charge in [0.15, 0.2) is 5.11 Å². The lowest BCUT2D eigenvalue weighted by molar-refractivity contribution is 0.242. The lowest BCUT2D eigenvalue weighted by Crippen LogP contribution is -2.29. The van der Waals surface area contributed by atoms with Crippen LogP contribution in [0.5, 0.6) is 5.75 Å². The van der Waals surface area contributed by atoms with E-state index >= 15 is 0 Å². The molecular weight excluding hydrogens is 446 g/mol. The molecule has 0 saturated carbocycles. The number of benzene rings is 1. The number of anilines is 1. The lowest BCUT2D eigenvalue weighted by atomic mass is 9.96. The zero-order valence-corrected chi connectivity index (χ0v) is 20.4. The second kappa shape index (κ2) is 8.90. The fraction of sp³-hybridized carbons (Fsp3) is 0.280. The highest BCUT2D eigenvalue weighted by molar-refractivity contribution is 7.80. The van der Waals surface area contributed by atoms with Crippen molar-refractivity contribution in [1.29, 1.82) is 0 Å². The minimum absolute atomic E-state index is 0.101. The molecule has 0 aliphatic carbocycles. The zero-order valence-electron chi connectivity index (χ0n) is 19.6. The Morgan fingerprint density at radius 1 is 1.03 bits per heavy atom. The second-order valence-electron chi connectivity index (χ2n) is 8.64. The summed E-state index contributed by atoms with van der Waals surface area (Å²) >= 11 is 5.87. The molecular formula is C25H27N7OS. The number of thiocarbonyl (C=S) groups is 1. The SMILES string of the molecule is Cc1cc([C@H]2[C@@H](c3ccccn3)NC(=S)N2c2ccc(OC(C)C)cc2)c(C)n1-n1cnnc1. The number of aromatic nitrogens is 5. The van der Waals surface area contributed by atoms with Crippen molar-refractivity contribution in [2.45, 2.75) is 45.9 Å². The number of aryl methyl sites for hydroxylation is 1. The highest BCUT2D eigenvalue weighted by Crippen LogP contribution is 2.43. The summed E-state index contributed by atoms with van der Waals surface area (Å²) in [5.41, 5.74) is 5.24. The topological polar surface area (TPSA) is 73.0 Å². The summed E-state index contributed by atoms with van der Waals surface area (Å²) in [7, 11) is 0. The average molecular weight is 474 g/mol. The normalized spacial score (nSPS) is 17.9. The summed E-state index contributed by atoms with van der Waals surface area (Å²) in [4.78, 5) is 6.83. The van der Waals surface area contributed by atoms with Crippen molar-refractivity contribution < 1.29 is 4.74 Å². The molecule has 8 nitrogen and oxygen atoms in total. The summed E-state index contributed by atoms with van der Waals surface area (Å²) in [5.74, 6) is 0.834. The summed E-state index contributed by atoms with van der Waals surface area (Å²) < 4.78 is 9.83. The Morgan fingerprint density at radius 2 is 1.76 bits per heavy atom. The van der Waals surface area contributed by atoms with E-state index in [1.165, 1.54) is 0 Å². The van der Waals surface area contributed by atoms with E-state index in [2.05, 4.69) is 62.1 Å². The molecule has 1 fully saturated rings. The fourth-order valence-electron chi connectivity index (χ4n) is 4.64. The molecule has 3 aromatic heterocycles. The third-order valence-electron chi connectivity index (χ3n) is 5.97. The van der Waals surface area contributed by atoms with E-state index < -0.39 is 0 Å². The van der Waals surface area contributed by atoms with E-state index in [9.17, 15) is 0 Å². The first-order chi connectivity index (χ1) is 16.4. The molecule has 1 aromatic carbocycles. The van der Waals surface area contributed by atoms with Gasteiger partial charge >= 0.3 is 0 Å². The van der Waals surface area contributed by atoms with Gasteiger partial charge in [-0.25, -0.2) is 4.68 Å². The van der Waals surface area contributed by atoms with E-state index in [0.29, 0.717) is 5.11 Å². The summed E-state index contributed by atoms with van der Waals surface area (Å²) in [6.07, 6.45) is 5.33. The van der Waals surface area contributed by atoms with Gasteiger partial charge in [0.05, 0.1) is 23.9 Å². The number of ether oxygens (including phenoxy) is 1. The Hall–Kier alpha value is -3.72. The molecule has 0 radical (unpaired) electrons. The van der Waals surface area contributed by atoms with Gasteiger partial charge in [-0.05, 0) is 82.4 Å².